The Bertz CT molecular complexity index is 443. The molecular formula is C10H14FNO2S. The highest BCUT2D eigenvalue weighted by Gasteiger charge is 2.07. The zero-order valence-corrected chi connectivity index (χ0v) is 9.57. The fraction of sp³-hybridized carbons (Fsp3) is 0.400. The lowest BCUT2D eigenvalue weighted by Crippen LogP contribution is -1.99. The number of hydrogen-bond acceptors (Lipinski definition) is 3. The monoisotopic (exact) mass is 231 g/mol. The van der Waals surface area contributed by atoms with Gasteiger partial charge in [0.2, 0.25) is 0 Å². The smallest absolute Gasteiger partial charge is 0.124 e. The molecule has 0 saturated heterocycles. The largest absolute Gasteiger partial charge is 0.377 e. The van der Waals surface area contributed by atoms with Crippen LogP contribution in [0.2, 0.25) is 0 Å². The lowest BCUT2D eigenvalue weighted by atomic mass is 10.2. The van der Waals surface area contributed by atoms with Gasteiger partial charge in [0.1, 0.15) is 5.82 Å². The van der Waals surface area contributed by atoms with Gasteiger partial charge < -0.3 is 4.74 Å². The molecule has 0 aliphatic heterocycles. The predicted molar refractivity (Wildman–Crippen MR) is 56.8 cm³/mol. The van der Waals surface area contributed by atoms with Crippen molar-refractivity contribution >= 4 is 9.73 Å². The van der Waals surface area contributed by atoms with E-state index in [1.807, 2.05) is 6.92 Å². The number of halogens is 1. The summed E-state index contributed by atoms with van der Waals surface area (Å²) in [6.45, 7) is 2.65. The van der Waals surface area contributed by atoms with Gasteiger partial charge in [-0.15, -0.1) is 0 Å². The zero-order valence-electron chi connectivity index (χ0n) is 8.75. The van der Waals surface area contributed by atoms with Crippen molar-refractivity contribution in [3.05, 3.63) is 29.6 Å². The van der Waals surface area contributed by atoms with E-state index in [0.29, 0.717) is 12.2 Å². The van der Waals surface area contributed by atoms with Crippen molar-refractivity contribution in [3.8, 4) is 0 Å². The van der Waals surface area contributed by atoms with Gasteiger partial charge in [0, 0.05) is 12.9 Å². The summed E-state index contributed by atoms with van der Waals surface area (Å²) >= 11 is 0. The van der Waals surface area contributed by atoms with Gasteiger partial charge >= 0.3 is 0 Å². The highest BCUT2D eigenvalue weighted by atomic mass is 32.2. The molecule has 1 unspecified atom stereocenters. The molecule has 15 heavy (non-hydrogen) atoms. The molecule has 0 amide bonds. The normalized spacial score (nSPS) is 14.9. The molecule has 0 aliphatic carbocycles. The quantitative estimate of drug-likeness (QED) is 0.865. The average Bonchev–Trinajstić information content (AvgIpc) is 2.12. The van der Waals surface area contributed by atoms with Crippen LogP contribution in [0.15, 0.2) is 23.1 Å². The Morgan fingerprint density at radius 2 is 2.13 bits per heavy atom. The predicted octanol–water partition coefficient (Wildman–Crippen LogP) is 2.40. The van der Waals surface area contributed by atoms with Gasteiger partial charge in [-0.1, -0.05) is 0 Å². The molecule has 1 rings (SSSR count). The lowest BCUT2D eigenvalue weighted by molar-refractivity contribution is 0.133. The fourth-order valence-electron chi connectivity index (χ4n) is 1.15. The molecule has 0 radical (unpaired) electrons. The number of benzene rings is 1. The summed E-state index contributed by atoms with van der Waals surface area (Å²) < 4.78 is 37.0. The maximum absolute atomic E-state index is 13.1. The topological polar surface area (TPSA) is 50.1 Å². The van der Waals surface area contributed by atoms with E-state index in [1.54, 1.807) is 6.07 Å². The van der Waals surface area contributed by atoms with Crippen LogP contribution in [0.3, 0.4) is 0 Å². The van der Waals surface area contributed by atoms with Gasteiger partial charge in [-0.05, 0) is 30.7 Å². The first-order valence-electron chi connectivity index (χ1n) is 4.54. The van der Waals surface area contributed by atoms with E-state index in [-0.39, 0.29) is 11.5 Å². The van der Waals surface area contributed by atoms with Crippen LogP contribution in [-0.2, 0) is 21.1 Å². The maximum atomic E-state index is 13.1. The first-order valence-corrected chi connectivity index (χ1v) is 6.51. The molecule has 1 aromatic rings. The van der Waals surface area contributed by atoms with E-state index in [4.69, 9.17) is 9.52 Å². The van der Waals surface area contributed by atoms with E-state index in [2.05, 4.69) is 0 Å². The lowest BCUT2D eigenvalue weighted by Gasteiger charge is -2.06. The van der Waals surface area contributed by atoms with E-state index in [0.717, 1.165) is 6.07 Å². The SMILES string of the molecule is CCOCc1cc(F)cc(S(C)(=N)=O)c1. The van der Waals surface area contributed by atoms with Crippen LogP contribution in [0.1, 0.15) is 12.5 Å². The third-order valence-electron chi connectivity index (χ3n) is 1.85. The summed E-state index contributed by atoms with van der Waals surface area (Å²) in [4.78, 5) is 0.206. The molecule has 0 aromatic heterocycles. The van der Waals surface area contributed by atoms with Crippen molar-refractivity contribution in [2.75, 3.05) is 12.9 Å². The van der Waals surface area contributed by atoms with Crippen molar-refractivity contribution in [3.63, 3.8) is 0 Å². The molecule has 3 nitrogen and oxygen atoms in total. The molecule has 0 bridgehead atoms. The van der Waals surface area contributed by atoms with E-state index >= 15 is 0 Å². The van der Waals surface area contributed by atoms with Crippen LogP contribution < -0.4 is 0 Å². The van der Waals surface area contributed by atoms with Crippen LogP contribution in [0.4, 0.5) is 4.39 Å². The first kappa shape index (κ1) is 12.1. The van der Waals surface area contributed by atoms with Gasteiger partial charge in [-0.2, -0.15) is 0 Å². The van der Waals surface area contributed by atoms with Crippen molar-refractivity contribution in [2.45, 2.75) is 18.4 Å². The third kappa shape index (κ3) is 3.60. The standard InChI is InChI=1S/C10H14FNO2S/c1-3-14-7-8-4-9(11)6-10(5-8)15(2,12)13/h4-6,12H,3,7H2,1-2H3. The van der Waals surface area contributed by atoms with Gasteiger partial charge in [0.05, 0.1) is 21.2 Å². The first-order chi connectivity index (χ1) is 6.93. The second-order valence-electron chi connectivity index (χ2n) is 3.28. The zero-order chi connectivity index (χ0) is 11.5. The minimum Gasteiger partial charge on any atom is -0.377 e. The van der Waals surface area contributed by atoms with Gasteiger partial charge in [0.15, 0.2) is 0 Å². The molecule has 1 atom stereocenters. The Labute approximate surface area is 89.2 Å². The molecule has 5 heteroatoms. The molecule has 1 N–H and O–H groups in total. The molecule has 0 aliphatic rings. The van der Waals surface area contributed by atoms with Gasteiger partial charge in [-0.3, -0.25) is 0 Å². The number of hydrogen-bond donors (Lipinski definition) is 1. The molecule has 0 heterocycles. The van der Waals surface area contributed by atoms with E-state index in [1.165, 1.54) is 12.3 Å². The van der Waals surface area contributed by atoms with Crippen LogP contribution in [0.5, 0.6) is 0 Å². The minimum atomic E-state index is -2.87. The Hall–Kier alpha value is -0.940. The summed E-state index contributed by atoms with van der Waals surface area (Å²) in [5, 5.41) is 0. The Morgan fingerprint density at radius 1 is 1.47 bits per heavy atom. The molecular weight excluding hydrogens is 217 g/mol. The van der Waals surface area contributed by atoms with E-state index < -0.39 is 15.5 Å². The second-order valence-corrected chi connectivity index (χ2v) is 5.43. The summed E-state index contributed by atoms with van der Waals surface area (Å²) in [7, 11) is -2.87. The van der Waals surface area contributed by atoms with Crippen molar-refractivity contribution in [1.82, 2.24) is 0 Å². The van der Waals surface area contributed by atoms with Crippen molar-refractivity contribution < 1.29 is 13.3 Å². The molecule has 0 spiro atoms. The molecule has 0 saturated carbocycles. The minimum absolute atomic E-state index is 0.206. The number of rotatable bonds is 4. The second kappa shape index (κ2) is 4.72. The van der Waals surface area contributed by atoms with Gasteiger partial charge in [0.25, 0.3) is 0 Å². The summed E-state index contributed by atoms with van der Waals surface area (Å²) in [5.41, 5.74) is 0.605. The van der Waals surface area contributed by atoms with Gasteiger partial charge in [-0.25, -0.2) is 13.4 Å². The van der Waals surface area contributed by atoms with Crippen molar-refractivity contribution in [2.24, 2.45) is 0 Å². The number of nitrogens with one attached hydrogen (secondary N) is 1. The van der Waals surface area contributed by atoms with Crippen LogP contribution in [0.25, 0.3) is 0 Å². The Morgan fingerprint density at radius 3 is 2.67 bits per heavy atom. The molecule has 84 valence electrons. The summed E-state index contributed by atoms with van der Waals surface area (Å²) in [5.74, 6) is -0.482. The summed E-state index contributed by atoms with van der Waals surface area (Å²) in [6.07, 6.45) is 1.27. The van der Waals surface area contributed by atoms with Crippen LogP contribution in [-0.4, -0.2) is 17.1 Å². The Kier molecular flexibility index (Phi) is 3.82. The average molecular weight is 231 g/mol. The van der Waals surface area contributed by atoms with Crippen LogP contribution in [0, 0.1) is 10.6 Å². The fourth-order valence-corrected chi connectivity index (χ4v) is 1.86. The number of ether oxygens (including phenoxy) is 1. The highest BCUT2D eigenvalue weighted by molar-refractivity contribution is 7.91. The Balaban J connectivity index is 3.06. The van der Waals surface area contributed by atoms with E-state index in [9.17, 15) is 8.60 Å². The maximum Gasteiger partial charge on any atom is 0.124 e. The van der Waals surface area contributed by atoms with Crippen molar-refractivity contribution in [1.29, 1.82) is 4.78 Å². The van der Waals surface area contributed by atoms with Crippen LogP contribution >= 0.6 is 0 Å². The molecule has 1 aromatic carbocycles. The summed E-state index contributed by atoms with van der Waals surface area (Å²) in [6, 6.07) is 4.00. The highest BCUT2D eigenvalue weighted by Crippen LogP contribution is 2.15. The third-order valence-corrected chi connectivity index (χ3v) is 2.99. The molecule has 0 fully saturated rings.